The Balaban J connectivity index is 1.76. The molecular weight excluding hydrogens is 650 g/mol. The third-order valence-corrected chi connectivity index (χ3v) is 9.56. The molecule has 13 nitrogen and oxygen atoms in total. The fourth-order valence-corrected chi connectivity index (χ4v) is 6.25. The number of urea groups is 1. The van der Waals surface area contributed by atoms with Crippen molar-refractivity contribution in [1.82, 2.24) is 36.2 Å². The zero-order valence-corrected chi connectivity index (χ0v) is 26.0. The molecule has 3 rings (SSSR count). The molecule has 1 aromatic heterocycles. The van der Waals surface area contributed by atoms with Crippen LogP contribution in [0.3, 0.4) is 0 Å². The van der Waals surface area contributed by atoms with Crippen molar-refractivity contribution in [3.63, 3.8) is 0 Å². The molecule has 0 aliphatic heterocycles. The second-order valence-corrected chi connectivity index (χ2v) is 14.0. The fraction of sp³-hybridized carbons (Fsp3) is 0.615. The molecule has 0 radical (unpaired) electrons. The highest BCUT2D eigenvalue weighted by Gasteiger charge is 2.43. The van der Waals surface area contributed by atoms with Gasteiger partial charge >= 0.3 is 18.4 Å². The number of amides is 4. The quantitative estimate of drug-likeness (QED) is 0.276. The summed E-state index contributed by atoms with van der Waals surface area (Å²) in [5.41, 5.74) is -2.02. The van der Waals surface area contributed by atoms with Gasteiger partial charge in [-0.2, -0.15) is 26.3 Å². The van der Waals surface area contributed by atoms with Crippen LogP contribution in [-0.4, -0.2) is 76.1 Å². The van der Waals surface area contributed by atoms with Gasteiger partial charge < -0.3 is 21.3 Å². The van der Waals surface area contributed by atoms with Crippen LogP contribution in [-0.2, 0) is 27.0 Å². The summed E-state index contributed by atoms with van der Waals surface area (Å²) >= 11 is 0. The lowest BCUT2D eigenvalue weighted by Crippen LogP contribution is -2.49. The molecule has 1 aliphatic carbocycles. The summed E-state index contributed by atoms with van der Waals surface area (Å²) in [5, 5.41) is 18.3. The molecule has 256 valence electrons. The van der Waals surface area contributed by atoms with Crippen LogP contribution >= 0.6 is 0 Å². The molecule has 0 unspecified atom stereocenters. The molecule has 0 saturated heterocycles. The van der Waals surface area contributed by atoms with E-state index in [1.165, 1.54) is 13.8 Å². The Kier molecular flexibility index (Phi) is 11.3. The van der Waals surface area contributed by atoms with Crippen LogP contribution < -0.4 is 21.3 Å². The first-order valence-electron chi connectivity index (χ1n) is 14.1. The topological polar surface area (TPSA) is 177 Å². The highest BCUT2D eigenvalue weighted by molar-refractivity contribution is 7.91. The molecule has 1 saturated carbocycles. The SMILES string of the molecule is CC(C)NC(=O)Nc1ccc(C(F)(F)F)cc1C(=O)NCC(=O)N[C@H]1CC[C@@H](n2nnnc2C(F)(F)F)C[C@@H]1CS(=O)(=O)C(C)C. The number of hydrogen-bond acceptors (Lipinski definition) is 8. The number of nitrogens with zero attached hydrogens (tertiary/aromatic N) is 4. The minimum Gasteiger partial charge on any atom is -0.352 e. The summed E-state index contributed by atoms with van der Waals surface area (Å²) < 4.78 is 107. The van der Waals surface area contributed by atoms with E-state index >= 15 is 0 Å². The van der Waals surface area contributed by atoms with E-state index in [0.29, 0.717) is 16.8 Å². The maximum Gasteiger partial charge on any atom is 0.453 e. The summed E-state index contributed by atoms with van der Waals surface area (Å²) in [5.74, 6) is -4.64. The van der Waals surface area contributed by atoms with Gasteiger partial charge in [-0.3, -0.25) is 9.59 Å². The van der Waals surface area contributed by atoms with Gasteiger partial charge in [0.05, 0.1) is 40.4 Å². The molecule has 3 atom stereocenters. The second-order valence-electron chi connectivity index (χ2n) is 11.4. The molecule has 0 bridgehead atoms. The Labute approximate surface area is 260 Å². The van der Waals surface area contributed by atoms with Crippen LogP contribution in [0.1, 0.15) is 74.7 Å². The number of carbonyl (C=O) groups excluding carboxylic acids is 3. The number of rotatable bonds is 10. The lowest BCUT2D eigenvalue weighted by molar-refractivity contribution is -0.149. The molecule has 4 amide bonds. The van der Waals surface area contributed by atoms with E-state index in [4.69, 9.17) is 0 Å². The standard InChI is InChI=1S/C26H34F6N8O5S/c1-13(2)34-24(43)36-20-7-5-16(25(27,28)29)10-18(20)22(42)33-11-21(41)35-19-8-6-17(9-15(19)12-46(44,45)14(3)4)40-23(26(30,31)32)37-38-39-40/h5,7,10,13-15,17,19H,6,8-9,11-12H2,1-4H3,(H,33,42)(H,35,41)(H2,34,36,43)/t15-,17-,19+/m1/s1. The number of halogens is 6. The van der Waals surface area contributed by atoms with Crippen molar-refractivity contribution in [1.29, 1.82) is 0 Å². The first-order valence-corrected chi connectivity index (χ1v) is 15.8. The van der Waals surface area contributed by atoms with Gasteiger partial charge in [-0.15, -0.1) is 5.10 Å². The van der Waals surface area contributed by atoms with Crippen molar-refractivity contribution in [3.05, 3.63) is 35.2 Å². The maximum absolute atomic E-state index is 13.4. The Morgan fingerprint density at radius 1 is 1.02 bits per heavy atom. The number of sulfone groups is 1. The number of tetrazole rings is 1. The van der Waals surface area contributed by atoms with Crippen molar-refractivity contribution in [2.75, 3.05) is 17.6 Å². The number of nitrogens with one attached hydrogen (secondary N) is 4. The smallest absolute Gasteiger partial charge is 0.352 e. The molecule has 1 aromatic carbocycles. The first-order chi connectivity index (χ1) is 21.2. The van der Waals surface area contributed by atoms with E-state index in [0.717, 1.165) is 6.07 Å². The molecule has 1 aliphatic rings. The fourth-order valence-electron chi connectivity index (χ4n) is 4.90. The number of benzene rings is 1. The van der Waals surface area contributed by atoms with Crippen LogP contribution in [0.4, 0.5) is 36.8 Å². The minimum absolute atomic E-state index is 0.0342. The summed E-state index contributed by atoms with van der Waals surface area (Å²) in [4.78, 5) is 38.0. The molecule has 0 spiro atoms. The molecule has 4 N–H and O–H groups in total. The molecule has 2 aromatic rings. The summed E-state index contributed by atoms with van der Waals surface area (Å²) in [7, 11) is -3.73. The van der Waals surface area contributed by atoms with E-state index in [1.54, 1.807) is 13.8 Å². The van der Waals surface area contributed by atoms with Crippen LogP contribution in [0.5, 0.6) is 0 Å². The molecule has 46 heavy (non-hydrogen) atoms. The van der Waals surface area contributed by atoms with E-state index in [9.17, 15) is 49.1 Å². The zero-order valence-electron chi connectivity index (χ0n) is 25.2. The number of anilines is 1. The molecular formula is C26H34F6N8O5S. The summed E-state index contributed by atoms with van der Waals surface area (Å²) in [6.45, 7) is 5.40. The van der Waals surface area contributed by atoms with Gasteiger partial charge in [0.25, 0.3) is 11.7 Å². The highest BCUT2D eigenvalue weighted by Crippen LogP contribution is 2.37. The average molecular weight is 685 g/mol. The van der Waals surface area contributed by atoms with Gasteiger partial charge in [-0.25, -0.2) is 17.9 Å². The number of carbonyl (C=O) groups is 3. The van der Waals surface area contributed by atoms with Gasteiger partial charge in [0.15, 0.2) is 9.84 Å². The van der Waals surface area contributed by atoms with Crippen molar-refractivity contribution in [3.8, 4) is 0 Å². The van der Waals surface area contributed by atoms with Crippen molar-refractivity contribution in [2.45, 2.75) is 82.7 Å². The van der Waals surface area contributed by atoms with E-state index in [-0.39, 0.29) is 31.0 Å². The minimum atomic E-state index is -4.86. The van der Waals surface area contributed by atoms with Gasteiger partial charge in [-0.05, 0) is 81.5 Å². The number of aromatic nitrogens is 4. The second kappa shape index (κ2) is 14.2. The van der Waals surface area contributed by atoms with E-state index < -0.39 is 92.5 Å². The monoisotopic (exact) mass is 684 g/mol. The summed E-state index contributed by atoms with van der Waals surface area (Å²) in [6.07, 6.45) is -9.74. The van der Waals surface area contributed by atoms with Gasteiger partial charge in [-0.1, -0.05) is 0 Å². The van der Waals surface area contributed by atoms with Crippen molar-refractivity contribution in [2.24, 2.45) is 5.92 Å². The van der Waals surface area contributed by atoms with Crippen LogP contribution in [0.25, 0.3) is 0 Å². The zero-order chi connectivity index (χ0) is 34.6. The lowest BCUT2D eigenvalue weighted by Gasteiger charge is -2.37. The average Bonchev–Trinajstić information content (AvgIpc) is 3.42. The van der Waals surface area contributed by atoms with Crippen LogP contribution in [0.2, 0.25) is 0 Å². The Morgan fingerprint density at radius 2 is 1.70 bits per heavy atom. The van der Waals surface area contributed by atoms with Gasteiger partial charge in [0, 0.05) is 12.1 Å². The lowest BCUT2D eigenvalue weighted by atomic mass is 9.82. The largest absolute Gasteiger partial charge is 0.453 e. The Hall–Kier alpha value is -3.97. The van der Waals surface area contributed by atoms with Crippen molar-refractivity contribution < 1.29 is 49.1 Å². The number of alkyl halides is 6. The van der Waals surface area contributed by atoms with Crippen LogP contribution in [0.15, 0.2) is 18.2 Å². The predicted octanol–water partition coefficient (Wildman–Crippen LogP) is 3.32. The van der Waals surface area contributed by atoms with E-state index in [1.807, 2.05) is 0 Å². The van der Waals surface area contributed by atoms with Gasteiger partial charge in [0.2, 0.25) is 5.91 Å². The van der Waals surface area contributed by atoms with Gasteiger partial charge in [0.1, 0.15) is 0 Å². The molecule has 20 heteroatoms. The third-order valence-electron chi connectivity index (χ3n) is 7.23. The van der Waals surface area contributed by atoms with Crippen LogP contribution in [0, 0.1) is 5.92 Å². The first kappa shape index (κ1) is 36.5. The highest BCUT2D eigenvalue weighted by atomic mass is 32.2. The molecule has 1 heterocycles. The third kappa shape index (κ3) is 9.52. The summed E-state index contributed by atoms with van der Waals surface area (Å²) in [6, 6.07) is -0.806. The normalized spacial score (nSPS) is 19.2. The predicted molar refractivity (Wildman–Crippen MR) is 151 cm³/mol. The number of hydrogen-bond donors (Lipinski definition) is 4. The molecule has 1 fully saturated rings. The maximum atomic E-state index is 13.4. The van der Waals surface area contributed by atoms with Crippen molar-refractivity contribution >= 4 is 33.4 Å². The Morgan fingerprint density at radius 3 is 2.28 bits per heavy atom. The Bertz CT molecular complexity index is 1530. The van der Waals surface area contributed by atoms with E-state index in [2.05, 4.69) is 36.8 Å².